The van der Waals surface area contributed by atoms with Gasteiger partial charge in [-0.3, -0.25) is 9.59 Å². The van der Waals surface area contributed by atoms with Crippen LogP contribution in [0.4, 0.5) is 5.69 Å². The topological polar surface area (TPSA) is 40.6 Å². The SMILES string of the molecule is Cc1cc(C)cc(N2CCN(C(=O)CCc3ccccc3)[C@H](C)C2=O)c1. The van der Waals surface area contributed by atoms with Crippen LogP contribution in [0.15, 0.2) is 48.5 Å². The van der Waals surface area contributed by atoms with Gasteiger partial charge in [0.15, 0.2) is 0 Å². The maximum Gasteiger partial charge on any atom is 0.249 e. The number of amides is 2. The van der Waals surface area contributed by atoms with Gasteiger partial charge in [0.2, 0.25) is 11.8 Å². The van der Waals surface area contributed by atoms with E-state index in [4.69, 9.17) is 0 Å². The largest absolute Gasteiger partial charge is 0.329 e. The lowest BCUT2D eigenvalue weighted by molar-refractivity contribution is -0.140. The lowest BCUT2D eigenvalue weighted by atomic mass is 10.1. The lowest BCUT2D eigenvalue weighted by Crippen LogP contribution is -2.57. The molecule has 1 fully saturated rings. The summed E-state index contributed by atoms with van der Waals surface area (Å²) in [6, 6.07) is 15.7. The Bertz CT molecular complexity index is 781. The van der Waals surface area contributed by atoms with Gasteiger partial charge in [0.25, 0.3) is 0 Å². The highest BCUT2D eigenvalue weighted by Crippen LogP contribution is 2.23. The molecule has 26 heavy (non-hydrogen) atoms. The predicted molar refractivity (Wildman–Crippen MR) is 104 cm³/mol. The van der Waals surface area contributed by atoms with Crippen molar-refractivity contribution >= 4 is 17.5 Å². The summed E-state index contributed by atoms with van der Waals surface area (Å²) in [4.78, 5) is 29.0. The van der Waals surface area contributed by atoms with Gasteiger partial charge >= 0.3 is 0 Å². The average Bonchev–Trinajstić information content (AvgIpc) is 2.62. The van der Waals surface area contributed by atoms with Crippen molar-refractivity contribution in [3.05, 3.63) is 65.2 Å². The van der Waals surface area contributed by atoms with Crippen LogP contribution in [0, 0.1) is 13.8 Å². The molecular formula is C22H26N2O2. The van der Waals surface area contributed by atoms with Crippen LogP contribution in [0.2, 0.25) is 0 Å². The van der Waals surface area contributed by atoms with Crippen molar-refractivity contribution in [2.75, 3.05) is 18.0 Å². The van der Waals surface area contributed by atoms with Crippen molar-refractivity contribution in [3.63, 3.8) is 0 Å². The van der Waals surface area contributed by atoms with E-state index in [-0.39, 0.29) is 11.8 Å². The predicted octanol–water partition coefficient (Wildman–Crippen LogP) is 3.50. The number of hydrogen-bond donors (Lipinski definition) is 0. The van der Waals surface area contributed by atoms with Crippen LogP contribution in [0.25, 0.3) is 0 Å². The number of carbonyl (C=O) groups is 2. The number of piperazine rings is 1. The van der Waals surface area contributed by atoms with E-state index in [1.807, 2.05) is 68.1 Å². The van der Waals surface area contributed by atoms with Gasteiger partial charge in [-0.2, -0.15) is 0 Å². The zero-order valence-corrected chi connectivity index (χ0v) is 15.7. The van der Waals surface area contributed by atoms with Gasteiger partial charge in [-0.05, 0) is 56.0 Å². The van der Waals surface area contributed by atoms with Crippen LogP contribution < -0.4 is 4.90 Å². The third kappa shape index (κ3) is 3.96. The summed E-state index contributed by atoms with van der Waals surface area (Å²) in [5.74, 6) is 0.0455. The molecule has 136 valence electrons. The highest BCUT2D eigenvalue weighted by Gasteiger charge is 2.34. The zero-order chi connectivity index (χ0) is 18.7. The number of rotatable bonds is 4. The van der Waals surface area contributed by atoms with E-state index in [9.17, 15) is 9.59 Å². The van der Waals surface area contributed by atoms with Crippen molar-refractivity contribution in [1.29, 1.82) is 0 Å². The third-order valence-corrected chi connectivity index (χ3v) is 4.96. The van der Waals surface area contributed by atoms with E-state index >= 15 is 0 Å². The average molecular weight is 350 g/mol. The molecule has 1 saturated heterocycles. The monoisotopic (exact) mass is 350 g/mol. The van der Waals surface area contributed by atoms with Gasteiger partial charge in [-0.25, -0.2) is 0 Å². The van der Waals surface area contributed by atoms with Crippen LogP contribution in [0.1, 0.15) is 30.0 Å². The number of benzene rings is 2. The minimum atomic E-state index is -0.423. The number of nitrogens with zero attached hydrogens (tertiary/aromatic N) is 2. The first-order valence-corrected chi connectivity index (χ1v) is 9.19. The minimum absolute atomic E-state index is 0.00527. The molecular weight excluding hydrogens is 324 g/mol. The molecule has 2 aromatic carbocycles. The first-order chi connectivity index (χ1) is 12.5. The normalized spacial score (nSPS) is 17.5. The van der Waals surface area contributed by atoms with Crippen LogP contribution in [0.3, 0.4) is 0 Å². The fraction of sp³-hybridized carbons (Fsp3) is 0.364. The van der Waals surface area contributed by atoms with Crippen molar-refractivity contribution in [1.82, 2.24) is 4.90 Å². The molecule has 4 heteroatoms. The van der Waals surface area contributed by atoms with E-state index in [1.54, 1.807) is 4.90 Å². The summed E-state index contributed by atoms with van der Waals surface area (Å²) >= 11 is 0. The Hall–Kier alpha value is -2.62. The molecule has 0 aromatic heterocycles. The number of aryl methyl sites for hydroxylation is 3. The van der Waals surface area contributed by atoms with Crippen molar-refractivity contribution in [2.24, 2.45) is 0 Å². The second-order valence-corrected chi connectivity index (χ2v) is 7.08. The molecule has 1 aliphatic rings. The summed E-state index contributed by atoms with van der Waals surface area (Å²) < 4.78 is 0. The zero-order valence-electron chi connectivity index (χ0n) is 15.7. The molecule has 1 atom stereocenters. The fourth-order valence-corrected chi connectivity index (χ4v) is 3.61. The Balaban J connectivity index is 1.66. The molecule has 3 rings (SSSR count). The van der Waals surface area contributed by atoms with Crippen molar-refractivity contribution in [2.45, 2.75) is 39.7 Å². The summed E-state index contributed by atoms with van der Waals surface area (Å²) in [6.07, 6.45) is 1.14. The summed E-state index contributed by atoms with van der Waals surface area (Å²) in [7, 11) is 0. The summed E-state index contributed by atoms with van der Waals surface area (Å²) in [5.41, 5.74) is 4.35. The van der Waals surface area contributed by atoms with E-state index in [1.165, 1.54) is 0 Å². The molecule has 1 heterocycles. The van der Waals surface area contributed by atoms with E-state index < -0.39 is 6.04 Å². The fourth-order valence-electron chi connectivity index (χ4n) is 3.61. The molecule has 2 amide bonds. The Morgan fingerprint density at radius 1 is 1.04 bits per heavy atom. The second kappa shape index (κ2) is 7.73. The molecule has 0 N–H and O–H groups in total. The number of carbonyl (C=O) groups excluding carboxylic acids is 2. The second-order valence-electron chi connectivity index (χ2n) is 7.08. The smallest absolute Gasteiger partial charge is 0.249 e. The van der Waals surface area contributed by atoms with Crippen molar-refractivity contribution < 1.29 is 9.59 Å². The molecule has 4 nitrogen and oxygen atoms in total. The molecule has 0 spiro atoms. The Kier molecular flexibility index (Phi) is 5.40. The summed E-state index contributed by atoms with van der Waals surface area (Å²) in [5, 5.41) is 0. The van der Waals surface area contributed by atoms with E-state index in [2.05, 4.69) is 6.07 Å². The van der Waals surface area contributed by atoms with Crippen LogP contribution in [0.5, 0.6) is 0 Å². The molecule has 0 bridgehead atoms. The Labute approximate surface area is 155 Å². The van der Waals surface area contributed by atoms with Gasteiger partial charge in [0.1, 0.15) is 6.04 Å². The molecule has 0 aliphatic carbocycles. The van der Waals surface area contributed by atoms with Crippen LogP contribution >= 0.6 is 0 Å². The Morgan fingerprint density at radius 3 is 2.35 bits per heavy atom. The first-order valence-electron chi connectivity index (χ1n) is 9.19. The van der Waals surface area contributed by atoms with Crippen LogP contribution in [-0.4, -0.2) is 35.8 Å². The standard InChI is InChI=1S/C22H26N2O2/c1-16-13-17(2)15-20(14-16)24-12-11-23(18(3)22(24)26)21(25)10-9-19-7-5-4-6-8-19/h4-8,13-15,18H,9-12H2,1-3H3/t18-/m1/s1. The maximum atomic E-state index is 12.9. The van der Waals surface area contributed by atoms with Gasteiger partial charge in [-0.15, -0.1) is 0 Å². The summed E-state index contributed by atoms with van der Waals surface area (Å²) in [6.45, 7) is 7.02. The molecule has 0 radical (unpaired) electrons. The van der Waals surface area contributed by atoms with E-state index in [0.29, 0.717) is 25.9 Å². The van der Waals surface area contributed by atoms with E-state index in [0.717, 1.165) is 22.4 Å². The molecule has 0 unspecified atom stereocenters. The van der Waals surface area contributed by atoms with Gasteiger partial charge in [-0.1, -0.05) is 36.4 Å². The highest BCUT2D eigenvalue weighted by molar-refractivity contribution is 6.00. The molecule has 1 aliphatic heterocycles. The van der Waals surface area contributed by atoms with Gasteiger partial charge < -0.3 is 9.80 Å². The van der Waals surface area contributed by atoms with Crippen LogP contribution in [-0.2, 0) is 16.0 Å². The maximum absolute atomic E-state index is 12.9. The molecule has 0 saturated carbocycles. The lowest BCUT2D eigenvalue weighted by Gasteiger charge is -2.39. The van der Waals surface area contributed by atoms with Crippen molar-refractivity contribution in [3.8, 4) is 0 Å². The third-order valence-electron chi connectivity index (χ3n) is 4.96. The Morgan fingerprint density at radius 2 is 1.69 bits per heavy atom. The number of anilines is 1. The van der Waals surface area contributed by atoms with Gasteiger partial charge in [0.05, 0.1) is 0 Å². The quantitative estimate of drug-likeness (QED) is 0.847. The molecule has 2 aromatic rings. The number of hydrogen-bond acceptors (Lipinski definition) is 2. The highest BCUT2D eigenvalue weighted by atomic mass is 16.2. The van der Waals surface area contributed by atoms with Gasteiger partial charge in [0, 0.05) is 25.2 Å². The first kappa shape index (κ1) is 18.2. The minimum Gasteiger partial charge on any atom is -0.329 e.